The fourth-order valence-corrected chi connectivity index (χ4v) is 2.33. The Balaban J connectivity index is 1.78. The molecule has 1 fully saturated rings. The van der Waals surface area contributed by atoms with Crippen LogP contribution in [0.4, 0.5) is 0 Å². The Morgan fingerprint density at radius 1 is 1.37 bits per heavy atom. The number of nitrogens with one attached hydrogen (secondary N) is 1. The molecule has 1 aromatic rings. The Labute approximate surface area is 114 Å². The summed E-state index contributed by atoms with van der Waals surface area (Å²) in [4.78, 5) is 12.0. The molecule has 1 saturated heterocycles. The van der Waals surface area contributed by atoms with Gasteiger partial charge in [0.15, 0.2) is 11.5 Å². The molecule has 0 amide bonds. The maximum absolute atomic E-state index is 12.0. The van der Waals surface area contributed by atoms with Crippen molar-refractivity contribution in [2.45, 2.75) is 19.3 Å². The topological polar surface area (TPSA) is 47.6 Å². The molecule has 1 aromatic carbocycles. The van der Waals surface area contributed by atoms with Crippen LogP contribution in [0.2, 0.25) is 0 Å². The predicted molar refractivity (Wildman–Crippen MR) is 73.7 cm³/mol. The molecule has 0 radical (unpaired) electrons. The van der Waals surface area contributed by atoms with E-state index in [4.69, 9.17) is 9.47 Å². The second kappa shape index (κ2) is 7.14. The van der Waals surface area contributed by atoms with E-state index >= 15 is 0 Å². The van der Waals surface area contributed by atoms with Gasteiger partial charge in [0.1, 0.15) is 5.78 Å². The van der Waals surface area contributed by atoms with Gasteiger partial charge in [0, 0.05) is 18.9 Å². The van der Waals surface area contributed by atoms with Crippen LogP contribution in [-0.4, -0.2) is 32.6 Å². The van der Waals surface area contributed by atoms with Crippen LogP contribution in [0, 0.1) is 5.92 Å². The lowest BCUT2D eigenvalue weighted by Gasteiger charge is -2.21. The number of hydrogen-bond donors (Lipinski definition) is 1. The van der Waals surface area contributed by atoms with E-state index in [0.717, 1.165) is 25.9 Å². The van der Waals surface area contributed by atoms with Crippen LogP contribution >= 0.6 is 0 Å². The Kier molecular flexibility index (Phi) is 5.21. The van der Waals surface area contributed by atoms with Crippen LogP contribution in [0.5, 0.6) is 11.5 Å². The monoisotopic (exact) mass is 263 g/mol. The van der Waals surface area contributed by atoms with Crippen LogP contribution in [-0.2, 0) is 4.79 Å². The minimum absolute atomic E-state index is 0.162. The summed E-state index contributed by atoms with van der Waals surface area (Å²) in [6, 6.07) is 7.49. The van der Waals surface area contributed by atoms with Gasteiger partial charge in [-0.1, -0.05) is 12.1 Å². The fraction of sp³-hybridized carbons (Fsp3) is 0.533. The highest BCUT2D eigenvalue weighted by atomic mass is 16.5. The van der Waals surface area contributed by atoms with E-state index in [9.17, 15) is 4.79 Å². The number of ether oxygens (including phenoxy) is 2. The first-order valence-corrected chi connectivity index (χ1v) is 6.80. The largest absolute Gasteiger partial charge is 0.493 e. The normalized spacial score (nSPS) is 18.9. The van der Waals surface area contributed by atoms with Crippen LogP contribution in [0.3, 0.4) is 0 Å². The van der Waals surface area contributed by atoms with Gasteiger partial charge in [-0.15, -0.1) is 0 Å². The van der Waals surface area contributed by atoms with Gasteiger partial charge >= 0.3 is 0 Å². The fourth-order valence-electron chi connectivity index (χ4n) is 2.33. The Morgan fingerprint density at radius 3 is 2.84 bits per heavy atom. The number of hydrogen-bond acceptors (Lipinski definition) is 4. The lowest BCUT2D eigenvalue weighted by Crippen LogP contribution is -2.34. The lowest BCUT2D eigenvalue weighted by atomic mass is 9.94. The molecular weight excluding hydrogens is 242 g/mol. The Bertz CT molecular complexity index is 414. The average molecular weight is 263 g/mol. The smallest absolute Gasteiger partial charge is 0.161 e. The average Bonchev–Trinajstić information content (AvgIpc) is 2.48. The number of methoxy groups -OCH3 is 1. The van der Waals surface area contributed by atoms with Crippen molar-refractivity contribution in [1.29, 1.82) is 0 Å². The van der Waals surface area contributed by atoms with E-state index < -0.39 is 0 Å². The van der Waals surface area contributed by atoms with E-state index in [1.807, 2.05) is 24.3 Å². The molecule has 1 unspecified atom stereocenters. The number of para-hydroxylation sites is 2. The Morgan fingerprint density at radius 2 is 2.16 bits per heavy atom. The van der Waals surface area contributed by atoms with E-state index in [1.54, 1.807) is 7.11 Å². The zero-order valence-corrected chi connectivity index (χ0v) is 11.4. The first kappa shape index (κ1) is 13.9. The van der Waals surface area contributed by atoms with Gasteiger partial charge in [0.05, 0.1) is 13.7 Å². The molecule has 0 saturated carbocycles. The third-order valence-electron chi connectivity index (χ3n) is 3.43. The molecule has 1 N–H and O–H groups in total. The quantitative estimate of drug-likeness (QED) is 0.853. The van der Waals surface area contributed by atoms with Crippen molar-refractivity contribution in [3.8, 4) is 11.5 Å². The predicted octanol–water partition coefficient (Wildman–Crippen LogP) is 2.03. The van der Waals surface area contributed by atoms with Gasteiger partial charge < -0.3 is 14.8 Å². The number of ketones is 1. The molecule has 1 atom stereocenters. The van der Waals surface area contributed by atoms with Crippen molar-refractivity contribution in [2.75, 3.05) is 26.8 Å². The van der Waals surface area contributed by atoms with Crippen LogP contribution in [0.1, 0.15) is 19.3 Å². The molecule has 19 heavy (non-hydrogen) atoms. The molecule has 104 valence electrons. The van der Waals surface area contributed by atoms with Crippen LogP contribution < -0.4 is 14.8 Å². The number of carbonyl (C=O) groups excluding carboxylic acids is 1. The second-order valence-electron chi connectivity index (χ2n) is 4.76. The molecule has 4 nitrogen and oxygen atoms in total. The molecular formula is C15H21NO3. The summed E-state index contributed by atoms with van der Waals surface area (Å²) < 4.78 is 10.8. The molecule has 1 aliphatic heterocycles. The van der Waals surface area contributed by atoms with Crippen molar-refractivity contribution in [2.24, 2.45) is 5.92 Å². The first-order valence-electron chi connectivity index (χ1n) is 6.80. The van der Waals surface area contributed by atoms with E-state index in [2.05, 4.69) is 5.32 Å². The summed E-state index contributed by atoms with van der Waals surface area (Å²) >= 11 is 0. The van der Waals surface area contributed by atoms with Crippen molar-refractivity contribution >= 4 is 5.78 Å². The van der Waals surface area contributed by atoms with E-state index in [1.165, 1.54) is 0 Å². The minimum Gasteiger partial charge on any atom is -0.493 e. The van der Waals surface area contributed by atoms with Gasteiger partial charge in [-0.25, -0.2) is 0 Å². The van der Waals surface area contributed by atoms with Crippen molar-refractivity contribution in [3.05, 3.63) is 24.3 Å². The van der Waals surface area contributed by atoms with Gasteiger partial charge in [0.25, 0.3) is 0 Å². The zero-order chi connectivity index (χ0) is 13.5. The number of Topliss-reactive ketones (excluding diaryl/α,β-unsaturated/α-hetero) is 1. The summed E-state index contributed by atoms with van der Waals surface area (Å²) in [5, 5.41) is 3.26. The molecule has 0 spiro atoms. The van der Waals surface area contributed by atoms with Crippen LogP contribution in [0.25, 0.3) is 0 Å². The van der Waals surface area contributed by atoms with Gasteiger partial charge in [0.2, 0.25) is 0 Å². The van der Waals surface area contributed by atoms with Gasteiger partial charge in [-0.05, 0) is 31.5 Å². The molecule has 0 bridgehead atoms. The molecule has 4 heteroatoms. The number of rotatable bonds is 6. The highest BCUT2D eigenvalue weighted by molar-refractivity contribution is 5.81. The molecule has 1 heterocycles. The zero-order valence-electron chi connectivity index (χ0n) is 11.4. The second-order valence-corrected chi connectivity index (χ2v) is 4.76. The van der Waals surface area contributed by atoms with Gasteiger partial charge in [-0.2, -0.15) is 0 Å². The number of carbonyl (C=O) groups is 1. The van der Waals surface area contributed by atoms with Crippen LogP contribution in [0.15, 0.2) is 24.3 Å². The van der Waals surface area contributed by atoms with E-state index in [0.29, 0.717) is 30.3 Å². The maximum atomic E-state index is 12.0. The molecule has 1 aliphatic rings. The lowest BCUT2D eigenvalue weighted by molar-refractivity contribution is -0.123. The molecule has 0 aromatic heterocycles. The highest BCUT2D eigenvalue weighted by Crippen LogP contribution is 2.26. The molecule has 2 rings (SSSR count). The SMILES string of the molecule is COc1ccccc1OCCC(=O)C1CCCNC1. The highest BCUT2D eigenvalue weighted by Gasteiger charge is 2.20. The summed E-state index contributed by atoms with van der Waals surface area (Å²) in [6.45, 7) is 2.25. The summed E-state index contributed by atoms with van der Waals surface area (Å²) in [7, 11) is 1.61. The van der Waals surface area contributed by atoms with Gasteiger partial charge in [-0.3, -0.25) is 4.79 Å². The van der Waals surface area contributed by atoms with Crippen molar-refractivity contribution in [3.63, 3.8) is 0 Å². The standard InChI is InChI=1S/C15H21NO3/c1-18-14-6-2-3-7-15(14)19-10-8-13(17)12-5-4-9-16-11-12/h2-3,6-7,12,16H,4-5,8-11H2,1H3. The van der Waals surface area contributed by atoms with E-state index in [-0.39, 0.29) is 5.92 Å². The summed E-state index contributed by atoms with van der Waals surface area (Å²) in [5.41, 5.74) is 0. The maximum Gasteiger partial charge on any atom is 0.161 e. The molecule has 0 aliphatic carbocycles. The first-order chi connectivity index (χ1) is 9.31. The summed E-state index contributed by atoms with van der Waals surface area (Å²) in [6.07, 6.45) is 2.55. The van der Waals surface area contributed by atoms with Crippen molar-refractivity contribution in [1.82, 2.24) is 5.32 Å². The van der Waals surface area contributed by atoms with Crippen molar-refractivity contribution < 1.29 is 14.3 Å². The third-order valence-corrected chi connectivity index (χ3v) is 3.43. The minimum atomic E-state index is 0.162. The Hall–Kier alpha value is -1.55. The number of piperidine rings is 1. The number of benzene rings is 1. The third kappa shape index (κ3) is 3.96. The summed E-state index contributed by atoms with van der Waals surface area (Å²) in [5.74, 6) is 1.85.